The summed E-state index contributed by atoms with van der Waals surface area (Å²) >= 11 is 0. The SMILES string of the molecule is COc1ccc(CCNC(C)CC2COCCN2)cc1. The topological polar surface area (TPSA) is 42.5 Å². The second-order valence-corrected chi connectivity index (χ2v) is 5.41. The molecule has 20 heavy (non-hydrogen) atoms. The minimum absolute atomic E-state index is 0.493. The van der Waals surface area contributed by atoms with Crippen LogP contribution >= 0.6 is 0 Å². The number of hydrogen-bond donors (Lipinski definition) is 2. The van der Waals surface area contributed by atoms with Crippen LogP contribution in [0.2, 0.25) is 0 Å². The third-order valence-corrected chi connectivity index (χ3v) is 3.70. The molecule has 0 spiro atoms. The molecule has 2 N–H and O–H groups in total. The van der Waals surface area contributed by atoms with E-state index in [1.54, 1.807) is 7.11 Å². The monoisotopic (exact) mass is 278 g/mol. The number of methoxy groups -OCH3 is 1. The van der Waals surface area contributed by atoms with Gasteiger partial charge in [0.1, 0.15) is 5.75 Å². The average molecular weight is 278 g/mol. The van der Waals surface area contributed by atoms with Crippen molar-refractivity contribution >= 4 is 0 Å². The van der Waals surface area contributed by atoms with E-state index in [-0.39, 0.29) is 0 Å². The van der Waals surface area contributed by atoms with Crippen molar-refractivity contribution < 1.29 is 9.47 Å². The Morgan fingerprint density at radius 3 is 2.85 bits per heavy atom. The van der Waals surface area contributed by atoms with Crippen LogP contribution in [0.25, 0.3) is 0 Å². The predicted molar refractivity (Wildman–Crippen MR) is 81.4 cm³/mol. The zero-order valence-corrected chi connectivity index (χ0v) is 12.5. The summed E-state index contributed by atoms with van der Waals surface area (Å²) < 4.78 is 10.6. The van der Waals surface area contributed by atoms with Gasteiger partial charge in [0.25, 0.3) is 0 Å². The van der Waals surface area contributed by atoms with E-state index < -0.39 is 0 Å². The quantitative estimate of drug-likeness (QED) is 0.795. The fourth-order valence-electron chi connectivity index (χ4n) is 2.54. The van der Waals surface area contributed by atoms with Gasteiger partial charge in [-0.05, 0) is 44.0 Å². The zero-order chi connectivity index (χ0) is 14.2. The molecule has 2 atom stereocenters. The number of morpholine rings is 1. The van der Waals surface area contributed by atoms with Crippen molar-refractivity contribution in [3.8, 4) is 5.75 Å². The molecule has 1 aliphatic heterocycles. The molecular formula is C16H26N2O2. The van der Waals surface area contributed by atoms with Crippen LogP contribution in [0.15, 0.2) is 24.3 Å². The molecule has 4 heteroatoms. The first-order valence-electron chi connectivity index (χ1n) is 7.45. The Morgan fingerprint density at radius 1 is 1.40 bits per heavy atom. The fraction of sp³-hybridized carbons (Fsp3) is 0.625. The lowest BCUT2D eigenvalue weighted by atomic mass is 10.1. The molecule has 1 aromatic carbocycles. The maximum atomic E-state index is 5.48. The van der Waals surface area contributed by atoms with E-state index in [9.17, 15) is 0 Å². The van der Waals surface area contributed by atoms with E-state index in [0.29, 0.717) is 12.1 Å². The van der Waals surface area contributed by atoms with Crippen LogP contribution in [0.1, 0.15) is 18.9 Å². The highest BCUT2D eigenvalue weighted by Gasteiger charge is 2.15. The van der Waals surface area contributed by atoms with Gasteiger partial charge in [-0.2, -0.15) is 0 Å². The molecule has 0 aliphatic carbocycles. The van der Waals surface area contributed by atoms with Crippen molar-refractivity contribution in [2.45, 2.75) is 31.8 Å². The molecule has 2 rings (SSSR count). The lowest BCUT2D eigenvalue weighted by molar-refractivity contribution is 0.0713. The largest absolute Gasteiger partial charge is 0.497 e. The van der Waals surface area contributed by atoms with E-state index in [1.165, 1.54) is 5.56 Å². The zero-order valence-electron chi connectivity index (χ0n) is 12.5. The Morgan fingerprint density at radius 2 is 2.20 bits per heavy atom. The van der Waals surface area contributed by atoms with Gasteiger partial charge in [0.05, 0.1) is 20.3 Å². The van der Waals surface area contributed by atoms with Gasteiger partial charge in [0.15, 0.2) is 0 Å². The molecule has 0 amide bonds. The molecule has 1 aromatic rings. The maximum absolute atomic E-state index is 5.48. The van der Waals surface area contributed by atoms with Gasteiger partial charge in [0.2, 0.25) is 0 Å². The first kappa shape index (κ1) is 15.3. The smallest absolute Gasteiger partial charge is 0.118 e. The van der Waals surface area contributed by atoms with Crippen molar-refractivity contribution in [2.24, 2.45) is 0 Å². The molecule has 1 saturated heterocycles. The average Bonchev–Trinajstić information content (AvgIpc) is 2.49. The minimum atomic E-state index is 0.493. The Bertz CT molecular complexity index is 375. The van der Waals surface area contributed by atoms with E-state index in [4.69, 9.17) is 9.47 Å². The van der Waals surface area contributed by atoms with Crippen LogP contribution in [0, 0.1) is 0 Å². The molecular weight excluding hydrogens is 252 g/mol. The molecule has 2 unspecified atom stereocenters. The Kier molecular flexibility index (Phi) is 6.30. The molecule has 112 valence electrons. The first-order chi connectivity index (χ1) is 9.78. The van der Waals surface area contributed by atoms with Gasteiger partial charge in [-0.15, -0.1) is 0 Å². The number of hydrogen-bond acceptors (Lipinski definition) is 4. The second kappa shape index (κ2) is 8.25. The minimum Gasteiger partial charge on any atom is -0.497 e. The van der Waals surface area contributed by atoms with E-state index >= 15 is 0 Å². The summed E-state index contributed by atoms with van der Waals surface area (Å²) in [6, 6.07) is 9.28. The molecule has 0 radical (unpaired) electrons. The van der Waals surface area contributed by atoms with Crippen LogP contribution in [-0.2, 0) is 11.2 Å². The normalized spacial score (nSPS) is 20.6. The van der Waals surface area contributed by atoms with Crippen molar-refractivity contribution in [1.29, 1.82) is 0 Å². The van der Waals surface area contributed by atoms with Crippen LogP contribution in [0.5, 0.6) is 5.75 Å². The van der Waals surface area contributed by atoms with Crippen LogP contribution < -0.4 is 15.4 Å². The van der Waals surface area contributed by atoms with Crippen molar-refractivity contribution in [1.82, 2.24) is 10.6 Å². The molecule has 0 bridgehead atoms. The van der Waals surface area contributed by atoms with Gasteiger partial charge in [-0.25, -0.2) is 0 Å². The van der Waals surface area contributed by atoms with Crippen molar-refractivity contribution in [3.63, 3.8) is 0 Å². The molecule has 0 saturated carbocycles. The van der Waals surface area contributed by atoms with Gasteiger partial charge in [-0.3, -0.25) is 0 Å². The van der Waals surface area contributed by atoms with E-state index in [1.807, 2.05) is 12.1 Å². The standard InChI is InChI=1S/C16H26N2O2/c1-13(11-15-12-20-10-9-18-15)17-8-7-14-3-5-16(19-2)6-4-14/h3-6,13,15,17-18H,7-12H2,1-2H3. The highest BCUT2D eigenvalue weighted by Crippen LogP contribution is 2.11. The molecule has 0 aromatic heterocycles. The maximum Gasteiger partial charge on any atom is 0.118 e. The van der Waals surface area contributed by atoms with Crippen LogP contribution in [-0.4, -0.2) is 45.5 Å². The summed E-state index contributed by atoms with van der Waals surface area (Å²) in [5, 5.41) is 7.07. The van der Waals surface area contributed by atoms with Gasteiger partial charge < -0.3 is 20.1 Å². The summed E-state index contributed by atoms with van der Waals surface area (Å²) in [6.07, 6.45) is 2.16. The second-order valence-electron chi connectivity index (χ2n) is 5.41. The highest BCUT2D eigenvalue weighted by atomic mass is 16.5. The predicted octanol–water partition coefficient (Wildman–Crippen LogP) is 1.59. The van der Waals surface area contributed by atoms with Crippen LogP contribution in [0.4, 0.5) is 0 Å². The van der Waals surface area contributed by atoms with E-state index in [2.05, 4.69) is 29.7 Å². The molecule has 1 aliphatic rings. The number of ether oxygens (including phenoxy) is 2. The van der Waals surface area contributed by atoms with Crippen molar-refractivity contribution in [3.05, 3.63) is 29.8 Å². The number of benzene rings is 1. The number of nitrogens with one attached hydrogen (secondary N) is 2. The van der Waals surface area contributed by atoms with Gasteiger partial charge in [0, 0.05) is 18.6 Å². The molecule has 1 fully saturated rings. The summed E-state index contributed by atoms with van der Waals surface area (Å²) in [5.41, 5.74) is 1.34. The fourth-order valence-corrected chi connectivity index (χ4v) is 2.54. The lowest BCUT2D eigenvalue weighted by Crippen LogP contribution is -2.45. The molecule has 4 nitrogen and oxygen atoms in total. The van der Waals surface area contributed by atoms with E-state index in [0.717, 1.165) is 44.9 Å². The summed E-state index contributed by atoms with van der Waals surface area (Å²) in [4.78, 5) is 0. The van der Waals surface area contributed by atoms with Crippen molar-refractivity contribution in [2.75, 3.05) is 33.4 Å². The third-order valence-electron chi connectivity index (χ3n) is 3.70. The first-order valence-corrected chi connectivity index (χ1v) is 7.45. The molecule has 1 heterocycles. The van der Waals surface area contributed by atoms with Gasteiger partial charge >= 0.3 is 0 Å². The summed E-state index contributed by atoms with van der Waals surface area (Å²) in [6.45, 7) is 5.90. The Balaban J connectivity index is 1.63. The highest BCUT2D eigenvalue weighted by molar-refractivity contribution is 5.27. The van der Waals surface area contributed by atoms with Crippen LogP contribution in [0.3, 0.4) is 0 Å². The number of rotatable bonds is 7. The Labute approximate surface area is 121 Å². The summed E-state index contributed by atoms with van der Waals surface area (Å²) in [7, 11) is 1.70. The third kappa shape index (κ3) is 5.12. The lowest BCUT2D eigenvalue weighted by Gasteiger charge is -2.26. The Hall–Kier alpha value is -1.10. The van der Waals surface area contributed by atoms with Gasteiger partial charge in [-0.1, -0.05) is 12.1 Å². The summed E-state index contributed by atoms with van der Waals surface area (Å²) in [5.74, 6) is 0.915.